The minimum absolute atomic E-state index is 0.0356. The molecule has 0 saturated carbocycles. The molecule has 21 heavy (non-hydrogen) atoms. The van der Waals surface area contributed by atoms with Gasteiger partial charge in [0.1, 0.15) is 18.8 Å². The maximum atomic E-state index is 12.0. The van der Waals surface area contributed by atoms with E-state index in [2.05, 4.69) is 4.74 Å². The van der Waals surface area contributed by atoms with Crippen LogP contribution in [0.3, 0.4) is 0 Å². The first kappa shape index (κ1) is 15.4. The standard InChI is InChI=1S/C13H14F3NO4/c14-13(15,16)8-20-6-4-17-5-7-21-11-9(12(18)19)2-1-3-10(11)17/h1-3H,4-8H2,(H,18,19). The molecule has 1 heterocycles. The van der Waals surface area contributed by atoms with Gasteiger partial charge in [-0.15, -0.1) is 0 Å². The van der Waals surface area contributed by atoms with Crippen molar-refractivity contribution in [3.63, 3.8) is 0 Å². The third kappa shape index (κ3) is 4.01. The number of anilines is 1. The quantitative estimate of drug-likeness (QED) is 0.845. The average Bonchev–Trinajstić information content (AvgIpc) is 2.41. The lowest BCUT2D eigenvalue weighted by Crippen LogP contribution is -2.36. The molecule has 0 radical (unpaired) electrons. The second-order valence-electron chi connectivity index (χ2n) is 4.46. The fourth-order valence-corrected chi connectivity index (χ4v) is 2.07. The minimum atomic E-state index is -4.35. The first-order valence-electron chi connectivity index (χ1n) is 6.27. The van der Waals surface area contributed by atoms with Crippen LogP contribution in [0.4, 0.5) is 18.9 Å². The van der Waals surface area contributed by atoms with Gasteiger partial charge in [-0.1, -0.05) is 6.07 Å². The Morgan fingerprint density at radius 3 is 2.86 bits per heavy atom. The Bertz CT molecular complexity index is 519. The number of aromatic carboxylic acids is 1. The molecule has 1 N–H and O–H groups in total. The zero-order valence-corrected chi connectivity index (χ0v) is 11.0. The number of carboxylic acids is 1. The van der Waals surface area contributed by atoms with Crippen molar-refractivity contribution in [2.45, 2.75) is 6.18 Å². The van der Waals surface area contributed by atoms with Crippen molar-refractivity contribution in [3.8, 4) is 5.75 Å². The molecular formula is C13H14F3NO4. The van der Waals surface area contributed by atoms with Gasteiger partial charge in [-0.3, -0.25) is 0 Å². The maximum Gasteiger partial charge on any atom is 0.411 e. The van der Waals surface area contributed by atoms with Gasteiger partial charge in [0.15, 0.2) is 5.75 Å². The third-order valence-corrected chi connectivity index (χ3v) is 2.94. The Morgan fingerprint density at radius 1 is 1.43 bits per heavy atom. The van der Waals surface area contributed by atoms with Crippen LogP contribution < -0.4 is 9.64 Å². The third-order valence-electron chi connectivity index (χ3n) is 2.94. The highest BCUT2D eigenvalue weighted by Gasteiger charge is 2.28. The number of benzene rings is 1. The zero-order valence-electron chi connectivity index (χ0n) is 11.0. The molecule has 0 saturated heterocycles. The molecule has 5 nitrogen and oxygen atoms in total. The van der Waals surface area contributed by atoms with E-state index in [0.717, 1.165) is 0 Å². The van der Waals surface area contributed by atoms with Crippen LogP contribution in [-0.4, -0.2) is 50.2 Å². The van der Waals surface area contributed by atoms with Gasteiger partial charge in [0, 0.05) is 6.54 Å². The molecule has 0 amide bonds. The molecule has 0 unspecified atom stereocenters. The van der Waals surface area contributed by atoms with Gasteiger partial charge in [-0.25, -0.2) is 4.79 Å². The van der Waals surface area contributed by atoms with E-state index >= 15 is 0 Å². The number of fused-ring (bicyclic) bond motifs is 1. The number of halogens is 3. The second-order valence-corrected chi connectivity index (χ2v) is 4.46. The van der Waals surface area contributed by atoms with Crippen molar-refractivity contribution in [3.05, 3.63) is 23.8 Å². The first-order chi connectivity index (χ1) is 9.88. The Labute approximate surface area is 118 Å². The number of hydrogen-bond acceptors (Lipinski definition) is 4. The number of ether oxygens (including phenoxy) is 2. The van der Waals surface area contributed by atoms with Crippen molar-refractivity contribution in [2.24, 2.45) is 0 Å². The Kier molecular flexibility index (Phi) is 4.56. The summed E-state index contributed by atoms with van der Waals surface area (Å²) in [5, 5.41) is 9.08. The Balaban J connectivity index is 2.02. The molecule has 0 spiro atoms. The monoisotopic (exact) mass is 305 g/mol. The fraction of sp³-hybridized carbons (Fsp3) is 0.462. The highest BCUT2D eigenvalue weighted by molar-refractivity contribution is 5.93. The largest absolute Gasteiger partial charge is 0.489 e. The van der Waals surface area contributed by atoms with E-state index in [0.29, 0.717) is 12.2 Å². The summed E-state index contributed by atoms with van der Waals surface area (Å²) in [6, 6.07) is 4.66. The number of rotatable bonds is 5. The SMILES string of the molecule is O=C(O)c1cccc2c1OCCN2CCOCC(F)(F)F. The molecule has 2 rings (SSSR count). The van der Waals surface area contributed by atoms with Gasteiger partial charge in [0.2, 0.25) is 0 Å². The first-order valence-corrected chi connectivity index (χ1v) is 6.27. The Hall–Kier alpha value is -1.96. The number of carbonyl (C=O) groups is 1. The minimum Gasteiger partial charge on any atom is -0.489 e. The van der Waals surface area contributed by atoms with Crippen molar-refractivity contribution in [1.82, 2.24) is 0 Å². The molecule has 1 aliphatic heterocycles. The molecule has 0 bridgehead atoms. The molecule has 1 aliphatic rings. The lowest BCUT2D eigenvalue weighted by molar-refractivity contribution is -0.173. The maximum absolute atomic E-state index is 12.0. The molecule has 116 valence electrons. The number of para-hydroxylation sites is 1. The van der Waals surface area contributed by atoms with Gasteiger partial charge in [0.25, 0.3) is 0 Å². The van der Waals surface area contributed by atoms with E-state index < -0.39 is 18.8 Å². The van der Waals surface area contributed by atoms with Crippen molar-refractivity contribution in [2.75, 3.05) is 37.8 Å². The summed E-state index contributed by atoms with van der Waals surface area (Å²) in [4.78, 5) is 12.9. The highest BCUT2D eigenvalue weighted by atomic mass is 19.4. The van der Waals surface area contributed by atoms with Crippen LogP contribution in [-0.2, 0) is 4.74 Å². The van der Waals surface area contributed by atoms with Crippen molar-refractivity contribution < 1.29 is 32.5 Å². The summed E-state index contributed by atoms with van der Waals surface area (Å²) in [5.41, 5.74) is 0.588. The lowest BCUT2D eigenvalue weighted by Gasteiger charge is -2.31. The number of nitrogens with zero attached hydrogens (tertiary/aromatic N) is 1. The summed E-state index contributed by atoms with van der Waals surface area (Å²) in [7, 11) is 0. The number of carboxylic acid groups (broad SMARTS) is 1. The van der Waals surface area contributed by atoms with Crippen LogP contribution >= 0.6 is 0 Å². The van der Waals surface area contributed by atoms with Crippen LogP contribution in [0.25, 0.3) is 0 Å². The van der Waals surface area contributed by atoms with E-state index in [9.17, 15) is 18.0 Å². The van der Waals surface area contributed by atoms with E-state index in [4.69, 9.17) is 9.84 Å². The molecule has 1 aromatic carbocycles. The van der Waals surface area contributed by atoms with Crippen LogP contribution in [0, 0.1) is 0 Å². The summed E-state index contributed by atoms with van der Waals surface area (Å²) in [5.74, 6) is -0.867. The average molecular weight is 305 g/mol. The lowest BCUT2D eigenvalue weighted by atomic mass is 10.1. The summed E-state index contributed by atoms with van der Waals surface area (Å²) in [6.07, 6.45) is -4.35. The van der Waals surface area contributed by atoms with Crippen LogP contribution in [0.15, 0.2) is 18.2 Å². The molecular weight excluding hydrogens is 291 g/mol. The van der Waals surface area contributed by atoms with Gasteiger partial charge in [-0.05, 0) is 12.1 Å². The van der Waals surface area contributed by atoms with E-state index in [-0.39, 0.29) is 31.1 Å². The van der Waals surface area contributed by atoms with Crippen LogP contribution in [0.2, 0.25) is 0 Å². The predicted molar refractivity (Wildman–Crippen MR) is 68.0 cm³/mol. The number of alkyl halides is 3. The van der Waals surface area contributed by atoms with Gasteiger partial charge in [0.05, 0.1) is 18.8 Å². The predicted octanol–water partition coefficient (Wildman–Crippen LogP) is 2.16. The fourth-order valence-electron chi connectivity index (χ4n) is 2.07. The Morgan fingerprint density at radius 2 is 2.19 bits per heavy atom. The summed E-state index contributed by atoms with van der Waals surface area (Å²) < 4.78 is 45.9. The second kappa shape index (κ2) is 6.21. The molecule has 0 aromatic heterocycles. The highest BCUT2D eigenvalue weighted by Crippen LogP contribution is 2.34. The van der Waals surface area contributed by atoms with Crippen LogP contribution in [0.5, 0.6) is 5.75 Å². The molecule has 8 heteroatoms. The van der Waals surface area contributed by atoms with Crippen molar-refractivity contribution >= 4 is 11.7 Å². The topological polar surface area (TPSA) is 59.0 Å². The summed E-state index contributed by atoms with van der Waals surface area (Å²) >= 11 is 0. The molecule has 0 aliphatic carbocycles. The van der Waals surface area contributed by atoms with Gasteiger partial charge < -0.3 is 19.5 Å². The normalized spacial score (nSPS) is 14.5. The molecule has 1 aromatic rings. The molecule has 0 atom stereocenters. The van der Waals surface area contributed by atoms with E-state index in [1.165, 1.54) is 6.07 Å². The summed E-state index contributed by atoms with van der Waals surface area (Å²) in [6.45, 7) is -0.423. The number of hydrogen-bond donors (Lipinski definition) is 1. The molecule has 0 fully saturated rings. The van der Waals surface area contributed by atoms with Gasteiger partial charge >= 0.3 is 12.1 Å². The van der Waals surface area contributed by atoms with E-state index in [1.54, 1.807) is 17.0 Å². The zero-order chi connectivity index (χ0) is 15.5. The van der Waals surface area contributed by atoms with Gasteiger partial charge in [-0.2, -0.15) is 13.2 Å². The van der Waals surface area contributed by atoms with E-state index in [1.807, 2.05) is 0 Å². The van der Waals surface area contributed by atoms with Crippen molar-refractivity contribution in [1.29, 1.82) is 0 Å². The smallest absolute Gasteiger partial charge is 0.411 e. The van der Waals surface area contributed by atoms with Crippen LogP contribution in [0.1, 0.15) is 10.4 Å².